The monoisotopic (exact) mass is 367 g/mol. The molecular formula is C18H17N5O2S. The molecule has 2 amide bonds. The maximum Gasteiger partial charge on any atom is 0.272 e. The number of nitrogens with one attached hydrogen (secondary N) is 1. The third kappa shape index (κ3) is 2.82. The number of likely N-dealkylation sites (tertiary alicyclic amines) is 1. The van der Waals surface area contributed by atoms with Gasteiger partial charge in [-0.25, -0.2) is 4.98 Å². The number of nitrogens with zero attached hydrogens (tertiary/aromatic N) is 4. The first-order valence-electron chi connectivity index (χ1n) is 8.35. The van der Waals surface area contributed by atoms with Crippen molar-refractivity contribution in [1.29, 1.82) is 0 Å². The van der Waals surface area contributed by atoms with E-state index in [0.717, 1.165) is 22.3 Å². The Hall–Kier alpha value is -2.87. The third-order valence-electron chi connectivity index (χ3n) is 4.56. The van der Waals surface area contributed by atoms with Crippen molar-refractivity contribution in [2.45, 2.75) is 12.3 Å². The number of fused-ring (bicyclic) bond motifs is 1. The van der Waals surface area contributed by atoms with Gasteiger partial charge in [-0.05, 0) is 18.6 Å². The smallest absolute Gasteiger partial charge is 0.272 e. The molecule has 4 heterocycles. The Bertz CT molecular complexity index is 972. The molecular weight excluding hydrogens is 350 g/mol. The zero-order valence-electron chi connectivity index (χ0n) is 14.2. The van der Waals surface area contributed by atoms with E-state index < -0.39 is 0 Å². The first-order chi connectivity index (χ1) is 12.7. The molecule has 26 heavy (non-hydrogen) atoms. The van der Waals surface area contributed by atoms with E-state index in [1.165, 1.54) is 11.3 Å². The molecule has 0 radical (unpaired) electrons. The molecule has 1 atom stereocenters. The second-order valence-corrected chi connectivity index (χ2v) is 7.08. The lowest BCUT2D eigenvalue weighted by molar-refractivity contribution is 0.0785. The van der Waals surface area contributed by atoms with Gasteiger partial charge in [0.05, 0.1) is 4.88 Å². The van der Waals surface area contributed by atoms with Crippen molar-refractivity contribution in [1.82, 2.24) is 25.2 Å². The van der Waals surface area contributed by atoms with Crippen LogP contribution in [0, 0.1) is 0 Å². The summed E-state index contributed by atoms with van der Waals surface area (Å²) in [5.41, 5.74) is 2.09. The summed E-state index contributed by atoms with van der Waals surface area (Å²) >= 11 is 1.35. The molecule has 132 valence electrons. The van der Waals surface area contributed by atoms with E-state index in [0.29, 0.717) is 23.7 Å². The van der Waals surface area contributed by atoms with Crippen molar-refractivity contribution >= 4 is 33.5 Å². The Morgan fingerprint density at radius 1 is 1.19 bits per heavy atom. The highest BCUT2D eigenvalue weighted by Gasteiger charge is 2.33. The first kappa shape index (κ1) is 16.6. The fourth-order valence-electron chi connectivity index (χ4n) is 3.34. The van der Waals surface area contributed by atoms with Gasteiger partial charge in [0.1, 0.15) is 16.0 Å². The summed E-state index contributed by atoms with van der Waals surface area (Å²) in [6.07, 6.45) is 5.66. The molecule has 8 heteroatoms. The standard InChI is InChI=1S/C18H17N5O2S/c1-19-16(24)15-13(14-17(26-15)22-8-7-21-14)11-5-9-23(10-11)18(25)12-4-2-3-6-20-12/h2-4,6-8,11H,5,9-10H2,1H3,(H,19,24). The summed E-state index contributed by atoms with van der Waals surface area (Å²) in [4.78, 5) is 41.1. The van der Waals surface area contributed by atoms with Gasteiger partial charge in [0.25, 0.3) is 11.8 Å². The number of aromatic nitrogens is 3. The average molecular weight is 367 g/mol. The highest BCUT2D eigenvalue weighted by molar-refractivity contribution is 7.20. The van der Waals surface area contributed by atoms with E-state index in [1.807, 2.05) is 0 Å². The van der Waals surface area contributed by atoms with Gasteiger partial charge in [-0.15, -0.1) is 11.3 Å². The van der Waals surface area contributed by atoms with Crippen LogP contribution in [0.4, 0.5) is 0 Å². The Kier molecular flexibility index (Phi) is 4.34. The number of carbonyl (C=O) groups is 2. The van der Waals surface area contributed by atoms with Crippen LogP contribution < -0.4 is 5.32 Å². The third-order valence-corrected chi connectivity index (χ3v) is 5.67. The molecule has 1 aliphatic rings. The molecule has 0 aliphatic carbocycles. The maximum absolute atomic E-state index is 12.7. The van der Waals surface area contributed by atoms with Crippen molar-refractivity contribution in [2.75, 3.05) is 20.1 Å². The van der Waals surface area contributed by atoms with Gasteiger partial charge in [0, 0.05) is 50.2 Å². The molecule has 1 aliphatic heterocycles. The minimum atomic E-state index is -0.140. The summed E-state index contributed by atoms with van der Waals surface area (Å²) < 4.78 is 0. The second-order valence-electron chi connectivity index (χ2n) is 6.09. The maximum atomic E-state index is 12.7. The Morgan fingerprint density at radius 2 is 2.04 bits per heavy atom. The summed E-state index contributed by atoms with van der Waals surface area (Å²) in [5.74, 6) is -0.167. The molecule has 4 rings (SSSR count). The van der Waals surface area contributed by atoms with E-state index >= 15 is 0 Å². The second kappa shape index (κ2) is 6.80. The Morgan fingerprint density at radius 3 is 2.81 bits per heavy atom. The van der Waals surface area contributed by atoms with Gasteiger partial charge < -0.3 is 10.2 Å². The van der Waals surface area contributed by atoms with Crippen molar-refractivity contribution in [3.63, 3.8) is 0 Å². The molecule has 1 unspecified atom stereocenters. The van der Waals surface area contributed by atoms with E-state index in [4.69, 9.17) is 0 Å². The zero-order chi connectivity index (χ0) is 18.1. The summed E-state index contributed by atoms with van der Waals surface area (Å²) in [5, 5.41) is 2.69. The van der Waals surface area contributed by atoms with E-state index in [9.17, 15) is 9.59 Å². The van der Waals surface area contributed by atoms with Gasteiger partial charge in [0.15, 0.2) is 0 Å². The highest BCUT2D eigenvalue weighted by atomic mass is 32.1. The lowest BCUT2D eigenvalue weighted by atomic mass is 9.97. The van der Waals surface area contributed by atoms with Crippen molar-refractivity contribution in [3.05, 3.63) is 52.9 Å². The number of hydrogen-bond acceptors (Lipinski definition) is 6. The minimum absolute atomic E-state index is 0.0559. The van der Waals surface area contributed by atoms with Crippen LogP contribution in [0.3, 0.4) is 0 Å². The number of pyridine rings is 1. The number of thiophene rings is 1. The average Bonchev–Trinajstić information content (AvgIpc) is 3.32. The molecule has 3 aromatic rings. The normalized spacial score (nSPS) is 16.8. The summed E-state index contributed by atoms with van der Waals surface area (Å²) in [6, 6.07) is 5.31. The number of hydrogen-bond donors (Lipinski definition) is 1. The number of rotatable bonds is 3. The van der Waals surface area contributed by atoms with Gasteiger partial charge in [-0.3, -0.25) is 19.6 Å². The summed E-state index contributed by atoms with van der Waals surface area (Å²) in [6.45, 7) is 1.17. The molecule has 1 saturated heterocycles. The molecule has 3 aromatic heterocycles. The summed E-state index contributed by atoms with van der Waals surface area (Å²) in [7, 11) is 1.61. The van der Waals surface area contributed by atoms with Crippen molar-refractivity contribution in [3.8, 4) is 0 Å². The Balaban J connectivity index is 1.67. The van der Waals surface area contributed by atoms with Crippen LogP contribution in [-0.4, -0.2) is 51.8 Å². The van der Waals surface area contributed by atoms with Crippen molar-refractivity contribution in [2.24, 2.45) is 0 Å². The van der Waals surface area contributed by atoms with Crippen LogP contribution in [0.2, 0.25) is 0 Å². The molecule has 0 aromatic carbocycles. The zero-order valence-corrected chi connectivity index (χ0v) is 15.0. The molecule has 0 bridgehead atoms. The predicted octanol–water partition coefficient (Wildman–Crippen LogP) is 2.08. The highest BCUT2D eigenvalue weighted by Crippen LogP contribution is 2.38. The predicted molar refractivity (Wildman–Crippen MR) is 98.3 cm³/mol. The van der Waals surface area contributed by atoms with Crippen LogP contribution in [0.1, 0.15) is 38.1 Å². The van der Waals surface area contributed by atoms with Gasteiger partial charge in [-0.1, -0.05) is 6.07 Å². The Labute approximate surface area is 154 Å². The van der Waals surface area contributed by atoms with E-state index in [1.54, 1.807) is 48.7 Å². The van der Waals surface area contributed by atoms with E-state index in [2.05, 4.69) is 20.3 Å². The molecule has 1 fully saturated rings. The van der Waals surface area contributed by atoms with Crippen LogP contribution in [0.15, 0.2) is 36.8 Å². The first-order valence-corrected chi connectivity index (χ1v) is 9.16. The largest absolute Gasteiger partial charge is 0.354 e. The van der Waals surface area contributed by atoms with Crippen LogP contribution in [0.5, 0.6) is 0 Å². The molecule has 1 N–H and O–H groups in total. The quantitative estimate of drug-likeness (QED) is 0.766. The minimum Gasteiger partial charge on any atom is -0.354 e. The number of carbonyl (C=O) groups excluding carboxylic acids is 2. The van der Waals surface area contributed by atoms with Crippen molar-refractivity contribution < 1.29 is 9.59 Å². The lowest BCUT2D eigenvalue weighted by Crippen LogP contribution is -2.29. The van der Waals surface area contributed by atoms with Gasteiger partial charge >= 0.3 is 0 Å². The van der Waals surface area contributed by atoms with Crippen LogP contribution >= 0.6 is 11.3 Å². The van der Waals surface area contributed by atoms with Gasteiger partial charge in [-0.2, -0.15) is 0 Å². The van der Waals surface area contributed by atoms with E-state index in [-0.39, 0.29) is 17.7 Å². The molecule has 7 nitrogen and oxygen atoms in total. The number of amides is 2. The van der Waals surface area contributed by atoms with Crippen LogP contribution in [0.25, 0.3) is 10.3 Å². The molecule has 0 spiro atoms. The molecule has 0 saturated carbocycles. The van der Waals surface area contributed by atoms with Crippen LogP contribution in [-0.2, 0) is 0 Å². The topological polar surface area (TPSA) is 88.1 Å². The fourth-order valence-corrected chi connectivity index (χ4v) is 4.47. The fraction of sp³-hybridized carbons (Fsp3) is 0.278. The SMILES string of the molecule is CNC(=O)c1sc2nccnc2c1C1CCN(C(=O)c2ccccn2)C1. The lowest BCUT2D eigenvalue weighted by Gasteiger charge is -2.16. The van der Waals surface area contributed by atoms with Gasteiger partial charge in [0.2, 0.25) is 0 Å².